The smallest absolute Gasteiger partial charge is 0.272 e. The normalized spacial score (nSPS) is 15.5. The number of ether oxygens (including phenoxy) is 1. The van der Waals surface area contributed by atoms with E-state index in [-0.39, 0.29) is 17.9 Å². The van der Waals surface area contributed by atoms with Gasteiger partial charge in [-0.05, 0) is 43.0 Å². The van der Waals surface area contributed by atoms with Gasteiger partial charge in [0, 0.05) is 22.6 Å². The topological polar surface area (TPSA) is 88.3 Å². The summed E-state index contributed by atoms with van der Waals surface area (Å²) in [4.78, 5) is 16.2. The fourth-order valence-corrected chi connectivity index (χ4v) is 3.67. The summed E-state index contributed by atoms with van der Waals surface area (Å²) < 4.78 is 29.0. The number of aromatic nitrogens is 1. The second-order valence-electron chi connectivity index (χ2n) is 7.28. The zero-order valence-electron chi connectivity index (χ0n) is 16.0. The molecule has 2 N–H and O–H groups in total. The van der Waals surface area contributed by atoms with E-state index < -0.39 is 9.84 Å². The lowest BCUT2D eigenvalue weighted by molar-refractivity contribution is 0.0934. The highest BCUT2D eigenvalue weighted by Crippen LogP contribution is 2.36. The molecule has 1 heterocycles. The number of fused-ring (bicyclic) bond motifs is 1. The quantitative estimate of drug-likeness (QED) is 0.616. The molecule has 1 aliphatic carbocycles. The molecule has 0 saturated heterocycles. The van der Waals surface area contributed by atoms with Gasteiger partial charge in [0.05, 0.1) is 6.04 Å². The predicted molar refractivity (Wildman–Crippen MR) is 113 cm³/mol. The Morgan fingerprint density at radius 3 is 2.52 bits per heavy atom. The monoisotopic (exact) mass is 410 g/mol. The van der Waals surface area contributed by atoms with Crippen molar-refractivity contribution in [1.82, 2.24) is 10.3 Å². The van der Waals surface area contributed by atoms with Gasteiger partial charge >= 0.3 is 0 Å². The van der Waals surface area contributed by atoms with Crippen molar-refractivity contribution in [2.45, 2.75) is 18.9 Å². The molecule has 1 atom stereocenters. The van der Waals surface area contributed by atoms with E-state index in [9.17, 15) is 13.2 Å². The van der Waals surface area contributed by atoms with Crippen LogP contribution in [0.25, 0.3) is 10.9 Å². The maximum atomic E-state index is 13.1. The minimum atomic E-state index is -3.26. The summed E-state index contributed by atoms with van der Waals surface area (Å²) in [6.45, 7) is 0. The average molecular weight is 410 g/mol. The van der Waals surface area contributed by atoms with Gasteiger partial charge in [-0.2, -0.15) is 0 Å². The summed E-state index contributed by atoms with van der Waals surface area (Å²) in [5, 5.41) is 4.91. The first-order chi connectivity index (χ1) is 13.9. The maximum Gasteiger partial charge on any atom is 0.272 e. The number of hydrogen-bond acceptors (Lipinski definition) is 4. The standard InChI is InChI=1S/C22H22N2O4S/c1-29(26,27)14-13-18(15-11-12-15)24-22(25)20-21(28-16-7-3-2-4-8-16)17-9-5-6-10-19(17)23-20/h2-10,13-15,18,23H,11-12H2,1H3,(H,24,25)/b14-13+/t18-/m1/s1. The molecular weight excluding hydrogens is 388 g/mol. The fourth-order valence-electron chi connectivity index (χ4n) is 3.22. The molecule has 1 amide bonds. The number of hydrogen-bond donors (Lipinski definition) is 2. The SMILES string of the molecule is CS(=O)(=O)/C=C/[C@@H](NC(=O)c1[nH]c2ccccc2c1Oc1ccccc1)C1CC1. The third-order valence-electron chi connectivity index (χ3n) is 4.81. The summed E-state index contributed by atoms with van der Waals surface area (Å²) in [6, 6.07) is 16.5. The van der Waals surface area contributed by atoms with Crippen molar-refractivity contribution in [3.8, 4) is 11.5 Å². The van der Waals surface area contributed by atoms with Crippen molar-refractivity contribution in [3.63, 3.8) is 0 Å². The van der Waals surface area contributed by atoms with Crippen LogP contribution in [-0.4, -0.2) is 31.6 Å². The van der Waals surface area contributed by atoms with Crippen LogP contribution >= 0.6 is 0 Å². The van der Waals surface area contributed by atoms with Gasteiger partial charge in [0.25, 0.3) is 5.91 Å². The summed E-state index contributed by atoms with van der Waals surface area (Å²) in [6.07, 6.45) is 4.61. The minimum absolute atomic E-state index is 0.250. The third kappa shape index (κ3) is 4.68. The Morgan fingerprint density at radius 2 is 1.83 bits per heavy atom. The summed E-state index contributed by atoms with van der Waals surface area (Å²) in [7, 11) is -3.26. The summed E-state index contributed by atoms with van der Waals surface area (Å²) in [5.41, 5.74) is 1.10. The van der Waals surface area contributed by atoms with Gasteiger partial charge in [0.2, 0.25) is 0 Å². The number of rotatable bonds is 7. The highest BCUT2D eigenvalue weighted by molar-refractivity contribution is 7.93. The second-order valence-corrected chi connectivity index (χ2v) is 9.22. The van der Waals surface area contributed by atoms with Crippen LogP contribution in [0.1, 0.15) is 23.3 Å². The zero-order chi connectivity index (χ0) is 20.4. The number of sulfone groups is 1. The van der Waals surface area contributed by atoms with Gasteiger partial charge in [0.15, 0.2) is 15.6 Å². The first-order valence-corrected chi connectivity index (χ1v) is 11.4. The van der Waals surface area contributed by atoms with Crippen LogP contribution in [-0.2, 0) is 9.84 Å². The number of aromatic amines is 1. The van der Waals surface area contributed by atoms with Crippen LogP contribution in [0.15, 0.2) is 66.1 Å². The number of nitrogens with one attached hydrogen (secondary N) is 2. The van der Waals surface area contributed by atoms with E-state index in [1.807, 2.05) is 54.6 Å². The van der Waals surface area contributed by atoms with Crippen molar-refractivity contribution in [1.29, 1.82) is 0 Å². The summed E-state index contributed by atoms with van der Waals surface area (Å²) in [5.74, 6) is 0.995. The van der Waals surface area contributed by atoms with Crippen LogP contribution in [0.3, 0.4) is 0 Å². The van der Waals surface area contributed by atoms with E-state index in [0.29, 0.717) is 17.2 Å². The fraction of sp³-hybridized carbons (Fsp3) is 0.227. The van der Waals surface area contributed by atoms with Crippen LogP contribution in [0, 0.1) is 5.92 Å². The molecule has 150 valence electrons. The van der Waals surface area contributed by atoms with E-state index in [1.165, 1.54) is 0 Å². The lowest BCUT2D eigenvalue weighted by Gasteiger charge is -2.14. The minimum Gasteiger partial charge on any atom is -0.454 e. The first kappa shape index (κ1) is 19.3. The molecule has 6 nitrogen and oxygen atoms in total. The number of para-hydroxylation sites is 2. The molecule has 0 spiro atoms. The Morgan fingerprint density at radius 1 is 1.14 bits per heavy atom. The molecule has 0 aliphatic heterocycles. The van der Waals surface area contributed by atoms with Crippen LogP contribution < -0.4 is 10.1 Å². The van der Waals surface area contributed by atoms with Crippen LogP contribution in [0.5, 0.6) is 11.5 Å². The van der Waals surface area contributed by atoms with Crippen LogP contribution in [0.4, 0.5) is 0 Å². The molecule has 1 saturated carbocycles. The third-order valence-corrected chi connectivity index (χ3v) is 5.46. The van der Waals surface area contributed by atoms with Gasteiger partial charge in [-0.3, -0.25) is 4.79 Å². The molecule has 1 aromatic heterocycles. The second kappa shape index (κ2) is 7.75. The number of benzene rings is 2. The predicted octanol–water partition coefficient (Wildman–Crippen LogP) is 4.03. The Kier molecular flexibility index (Phi) is 5.15. The number of amides is 1. The molecule has 1 aliphatic rings. The van der Waals surface area contributed by atoms with Crippen molar-refractivity contribution in [3.05, 3.63) is 71.8 Å². The Balaban J connectivity index is 1.66. The van der Waals surface area contributed by atoms with Gasteiger partial charge < -0.3 is 15.0 Å². The molecule has 0 radical (unpaired) electrons. The average Bonchev–Trinajstić information content (AvgIpc) is 3.47. The van der Waals surface area contributed by atoms with E-state index in [4.69, 9.17) is 4.74 Å². The van der Waals surface area contributed by atoms with Crippen molar-refractivity contribution in [2.24, 2.45) is 5.92 Å². The van der Waals surface area contributed by atoms with Crippen molar-refractivity contribution in [2.75, 3.05) is 6.26 Å². The molecule has 4 rings (SSSR count). The largest absolute Gasteiger partial charge is 0.454 e. The molecule has 0 bridgehead atoms. The molecule has 3 aromatic rings. The number of carbonyl (C=O) groups excluding carboxylic acids is 1. The maximum absolute atomic E-state index is 13.1. The number of carbonyl (C=O) groups is 1. The molecular formula is C22H22N2O4S. The van der Waals surface area contributed by atoms with E-state index in [0.717, 1.165) is 35.4 Å². The molecule has 0 unspecified atom stereocenters. The van der Waals surface area contributed by atoms with Crippen molar-refractivity contribution >= 4 is 26.6 Å². The molecule has 29 heavy (non-hydrogen) atoms. The van der Waals surface area contributed by atoms with Gasteiger partial charge in [-0.15, -0.1) is 0 Å². The zero-order valence-corrected chi connectivity index (χ0v) is 16.8. The Bertz CT molecular complexity index is 1160. The van der Waals surface area contributed by atoms with E-state index in [2.05, 4.69) is 10.3 Å². The lowest BCUT2D eigenvalue weighted by atomic mass is 10.1. The molecule has 7 heteroatoms. The molecule has 1 fully saturated rings. The Hall–Kier alpha value is -3.06. The molecule has 2 aromatic carbocycles. The number of H-pyrrole nitrogens is 1. The van der Waals surface area contributed by atoms with Gasteiger partial charge in [-0.1, -0.05) is 36.4 Å². The van der Waals surface area contributed by atoms with E-state index >= 15 is 0 Å². The van der Waals surface area contributed by atoms with Gasteiger partial charge in [0.1, 0.15) is 11.4 Å². The highest BCUT2D eigenvalue weighted by atomic mass is 32.2. The van der Waals surface area contributed by atoms with Crippen LogP contribution in [0.2, 0.25) is 0 Å². The highest BCUT2D eigenvalue weighted by Gasteiger charge is 2.32. The van der Waals surface area contributed by atoms with E-state index in [1.54, 1.807) is 6.08 Å². The van der Waals surface area contributed by atoms with Gasteiger partial charge in [-0.25, -0.2) is 8.42 Å². The Labute approximate surface area is 169 Å². The first-order valence-electron chi connectivity index (χ1n) is 9.43. The summed E-state index contributed by atoms with van der Waals surface area (Å²) >= 11 is 0. The lowest BCUT2D eigenvalue weighted by Crippen LogP contribution is -2.35. The van der Waals surface area contributed by atoms with Crippen molar-refractivity contribution < 1.29 is 17.9 Å².